The third-order valence-corrected chi connectivity index (χ3v) is 3.44. The average molecular weight is 311 g/mol. The number of aryl methyl sites for hydroxylation is 1. The molecule has 17 heavy (non-hydrogen) atoms. The Morgan fingerprint density at radius 1 is 1.47 bits per heavy atom. The number of nitrogens with zero attached hydrogens (tertiary/aromatic N) is 1. The number of carbonyl (C=O) groups is 1. The highest BCUT2D eigenvalue weighted by molar-refractivity contribution is 9.10. The van der Waals surface area contributed by atoms with E-state index in [1.54, 1.807) is 11.3 Å². The number of hydrogen-bond donors (Lipinski definition) is 1. The maximum absolute atomic E-state index is 11.8. The third-order valence-electron chi connectivity index (χ3n) is 2.27. The number of pyridine rings is 1. The number of amides is 1. The molecule has 0 spiro atoms. The van der Waals surface area contributed by atoms with Crippen LogP contribution in [0.5, 0.6) is 0 Å². The summed E-state index contributed by atoms with van der Waals surface area (Å²) in [6.07, 6.45) is 0.402. The van der Waals surface area contributed by atoms with Crippen LogP contribution >= 0.6 is 27.3 Å². The Labute approximate surface area is 112 Å². The van der Waals surface area contributed by atoms with Gasteiger partial charge in [-0.2, -0.15) is 11.3 Å². The van der Waals surface area contributed by atoms with Crippen LogP contribution in [0.4, 0.5) is 5.69 Å². The molecule has 3 nitrogen and oxygen atoms in total. The van der Waals surface area contributed by atoms with Crippen molar-refractivity contribution in [3.05, 3.63) is 44.8 Å². The van der Waals surface area contributed by atoms with Gasteiger partial charge in [0.05, 0.1) is 17.8 Å². The van der Waals surface area contributed by atoms with Crippen molar-refractivity contribution >= 4 is 38.9 Å². The van der Waals surface area contributed by atoms with Gasteiger partial charge in [0, 0.05) is 0 Å². The molecular formula is C12H11BrN2OS. The summed E-state index contributed by atoms with van der Waals surface area (Å²) in [5.41, 5.74) is 2.60. The predicted octanol–water partition coefficient (Wildman–Crippen LogP) is 3.40. The molecule has 2 aromatic rings. The number of carbonyl (C=O) groups excluding carboxylic acids is 1. The van der Waals surface area contributed by atoms with Crippen LogP contribution in [-0.4, -0.2) is 10.9 Å². The van der Waals surface area contributed by atoms with Gasteiger partial charge in [0.15, 0.2) is 0 Å². The van der Waals surface area contributed by atoms with Crippen molar-refractivity contribution in [2.24, 2.45) is 0 Å². The third kappa shape index (κ3) is 3.38. The Hall–Kier alpha value is -1.20. The highest BCUT2D eigenvalue weighted by Crippen LogP contribution is 2.16. The van der Waals surface area contributed by atoms with Gasteiger partial charge in [0.25, 0.3) is 0 Å². The van der Waals surface area contributed by atoms with E-state index in [0.29, 0.717) is 6.42 Å². The summed E-state index contributed by atoms with van der Waals surface area (Å²) in [5.74, 6) is -0.0179. The van der Waals surface area contributed by atoms with Gasteiger partial charge in [-0.05, 0) is 57.4 Å². The molecule has 0 atom stereocenters. The molecule has 0 unspecified atom stereocenters. The fraction of sp³-hybridized carbons (Fsp3) is 0.167. The minimum Gasteiger partial charge on any atom is -0.324 e. The lowest BCUT2D eigenvalue weighted by Crippen LogP contribution is -2.15. The SMILES string of the molecule is Cc1nc(Br)ccc1NC(=O)Cc1ccsc1. The second-order valence-corrected chi connectivity index (χ2v) is 5.22. The zero-order valence-electron chi connectivity index (χ0n) is 9.24. The smallest absolute Gasteiger partial charge is 0.228 e. The molecule has 5 heteroatoms. The van der Waals surface area contributed by atoms with Gasteiger partial charge in [-0.15, -0.1) is 0 Å². The molecule has 1 amide bonds. The molecule has 0 fully saturated rings. The van der Waals surface area contributed by atoms with E-state index in [2.05, 4.69) is 26.2 Å². The minimum atomic E-state index is -0.0179. The van der Waals surface area contributed by atoms with Crippen LogP contribution in [0.1, 0.15) is 11.3 Å². The maximum Gasteiger partial charge on any atom is 0.228 e. The first kappa shape index (κ1) is 12.3. The molecule has 0 aliphatic carbocycles. The summed E-state index contributed by atoms with van der Waals surface area (Å²) in [4.78, 5) is 16.0. The molecule has 0 bridgehead atoms. The summed E-state index contributed by atoms with van der Waals surface area (Å²) in [6, 6.07) is 5.61. The molecule has 0 radical (unpaired) electrons. The first-order valence-corrected chi connectivity index (χ1v) is 6.83. The monoisotopic (exact) mass is 310 g/mol. The Morgan fingerprint density at radius 3 is 2.94 bits per heavy atom. The van der Waals surface area contributed by atoms with Gasteiger partial charge in [-0.1, -0.05) is 0 Å². The van der Waals surface area contributed by atoms with Gasteiger partial charge >= 0.3 is 0 Å². The zero-order valence-corrected chi connectivity index (χ0v) is 11.6. The minimum absolute atomic E-state index is 0.0179. The van der Waals surface area contributed by atoms with Crippen molar-refractivity contribution < 1.29 is 4.79 Å². The summed E-state index contributed by atoms with van der Waals surface area (Å²) in [7, 11) is 0. The Kier molecular flexibility index (Phi) is 3.91. The van der Waals surface area contributed by atoms with Crippen molar-refractivity contribution in [1.82, 2.24) is 4.98 Å². The highest BCUT2D eigenvalue weighted by atomic mass is 79.9. The molecule has 0 saturated heterocycles. The lowest BCUT2D eigenvalue weighted by atomic mass is 10.2. The van der Waals surface area contributed by atoms with Gasteiger partial charge in [0.2, 0.25) is 5.91 Å². The van der Waals surface area contributed by atoms with Crippen molar-refractivity contribution in [1.29, 1.82) is 0 Å². The van der Waals surface area contributed by atoms with Crippen LogP contribution in [0.25, 0.3) is 0 Å². The first-order chi connectivity index (χ1) is 8.15. The topological polar surface area (TPSA) is 42.0 Å². The van der Waals surface area contributed by atoms with Crippen molar-refractivity contribution in [2.45, 2.75) is 13.3 Å². The van der Waals surface area contributed by atoms with Crippen molar-refractivity contribution in [3.8, 4) is 0 Å². The number of hydrogen-bond acceptors (Lipinski definition) is 3. The van der Waals surface area contributed by atoms with E-state index >= 15 is 0 Å². The van der Waals surface area contributed by atoms with Gasteiger partial charge in [-0.3, -0.25) is 4.79 Å². The van der Waals surface area contributed by atoms with Crippen LogP contribution < -0.4 is 5.32 Å². The number of rotatable bonds is 3. The molecule has 0 aromatic carbocycles. The van der Waals surface area contributed by atoms with E-state index in [1.807, 2.05) is 35.9 Å². The lowest BCUT2D eigenvalue weighted by molar-refractivity contribution is -0.115. The largest absolute Gasteiger partial charge is 0.324 e. The average Bonchev–Trinajstić information content (AvgIpc) is 2.75. The second-order valence-electron chi connectivity index (χ2n) is 3.62. The molecular weight excluding hydrogens is 300 g/mol. The lowest BCUT2D eigenvalue weighted by Gasteiger charge is -2.07. The zero-order chi connectivity index (χ0) is 12.3. The number of aromatic nitrogens is 1. The summed E-state index contributed by atoms with van der Waals surface area (Å²) in [6.45, 7) is 1.87. The molecule has 2 aromatic heterocycles. The number of anilines is 1. The van der Waals surface area contributed by atoms with E-state index in [9.17, 15) is 4.79 Å². The van der Waals surface area contributed by atoms with Gasteiger partial charge in [-0.25, -0.2) is 4.98 Å². The molecule has 0 aliphatic heterocycles. The number of halogens is 1. The van der Waals surface area contributed by atoms with Crippen molar-refractivity contribution in [3.63, 3.8) is 0 Å². The van der Waals surface area contributed by atoms with E-state index < -0.39 is 0 Å². The van der Waals surface area contributed by atoms with Crippen LogP contribution in [0.3, 0.4) is 0 Å². The molecule has 0 saturated carbocycles. The van der Waals surface area contributed by atoms with E-state index in [4.69, 9.17) is 0 Å². The predicted molar refractivity (Wildman–Crippen MR) is 73.3 cm³/mol. The fourth-order valence-electron chi connectivity index (χ4n) is 1.44. The fourth-order valence-corrected chi connectivity index (χ4v) is 2.50. The van der Waals surface area contributed by atoms with Gasteiger partial charge < -0.3 is 5.32 Å². The summed E-state index contributed by atoms with van der Waals surface area (Å²) < 4.78 is 0.769. The van der Waals surface area contributed by atoms with Crippen LogP contribution in [-0.2, 0) is 11.2 Å². The Balaban J connectivity index is 2.03. The first-order valence-electron chi connectivity index (χ1n) is 5.09. The van der Waals surface area contributed by atoms with Crippen LogP contribution in [0.15, 0.2) is 33.6 Å². The Morgan fingerprint density at radius 2 is 2.29 bits per heavy atom. The van der Waals surface area contributed by atoms with E-state index in [0.717, 1.165) is 21.5 Å². The summed E-state index contributed by atoms with van der Waals surface area (Å²) >= 11 is 4.88. The number of nitrogens with one attached hydrogen (secondary N) is 1. The Bertz CT molecular complexity index is 525. The molecule has 2 rings (SSSR count). The van der Waals surface area contributed by atoms with E-state index in [1.165, 1.54) is 0 Å². The summed E-state index contributed by atoms with van der Waals surface area (Å²) in [5, 5.41) is 6.80. The molecule has 2 heterocycles. The molecule has 0 aliphatic rings. The van der Waals surface area contributed by atoms with Crippen molar-refractivity contribution in [2.75, 3.05) is 5.32 Å². The standard InChI is InChI=1S/C12H11BrN2OS/c1-8-10(2-3-11(13)14-8)15-12(16)6-9-4-5-17-7-9/h2-5,7H,6H2,1H3,(H,15,16). The second kappa shape index (κ2) is 5.42. The number of thiophene rings is 1. The molecule has 88 valence electrons. The molecule has 1 N–H and O–H groups in total. The van der Waals surface area contributed by atoms with E-state index in [-0.39, 0.29) is 5.91 Å². The normalized spacial score (nSPS) is 10.2. The highest BCUT2D eigenvalue weighted by Gasteiger charge is 2.07. The van der Waals surface area contributed by atoms with Crippen LogP contribution in [0.2, 0.25) is 0 Å². The van der Waals surface area contributed by atoms with Gasteiger partial charge in [0.1, 0.15) is 4.60 Å². The maximum atomic E-state index is 11.8. The quantitative estimate of drug-likeness (QED) is 0.883. The van der Waals surface area contributed by atoms with Crippen LogP contribution in [0, 0.1) is 6.92 Å².